The van der Waals surface area contributed by atoms with Gasteiger partial charge in [0.15, 0.2) is 0 Å². The molecule has 4 heteroatoms. The molecular formula is C13H14N4. The summed E-state index contributed by atoms with van der Waals surface area (Å²) < 4.78 is 1.79. The molecule has 0 unspecified atom stereocenters. The van der Waals surface area contributed by atoms with E-state index in [9.17, 15) is 0 Å². The highest BCUT2D eigenvalue weighted by molar-refractivity contribution is 5.83. The Labute approximate surface area is 99.3 Å². The Balaban J connectivity index is 1.81. The number of benzene rings is 1. The second-order valence-corrected chi connectivity index (χ2v) is 4.12. The molecule has 1 aromatic carbocycles. The summed E-state index contributed by atoms with van der Waals surface area (Å²) in [5, 5.41) is 8.75. The average Bonchev–Trinajstić information content (AvgIpc) is 2.93. The number of rotatable bonds is 3. The molecule has 2 N–H and O–H groups in total. The first-order chi connectivity index (χ1) is 8.33. The number of nitrogens with one attached hydrogen (secondary N) is 2. The number of aromatic nitrogens is 3. The van der Waals surface area contributed by atoms with Crippen LogP contribution in [0.15, 0.2) is 42.9 Å². The number of para-hydroxylation sites is 1. The number of hydrogen-bond donors (Lipinski definition) is 2. The lowest BCUT2D eigenvalue weighted by Crippen LogP contribution is -1.97. The molecule has 2 heterocycles. The summed E-state index contributed by atoms with van der Waals surface area (Å²) in [6.45, 7) is 0.801. The number of nitrogens with zero attached hydrogens (tertiary/aromatic N) is 2. The van der Waals surface area contributed by atoms with Crippen molar-refractivity contribution in [1.82, 2.24) is 14.8 Å². The molecule has 4 nitrogen and oxygen atoms in total. The first kappa shape index (κ1) is 9.96. The largest absolute Gasteiger partial charge is 0.378 e. The predicted molar refractivity (Wildman–Crippen MR) is 68.8 cm³/mol. The molecule has 0 aliphatic rings. The lowest BCUT2D eigenvalue weighted by Gasteiger charge is -2.01. The smallest absolute Gasteiger partial charge is 0.0729 e. The van der Waals surface area contributed by atoms with Crippen molar-refractivity contribution < 1.29 is 0 Å². The summed E-state index contributed by atoms with van der Waals surface area (Å²) in [4.78, 5) is 3.27. The van der Waals surface area contributed by atoms with Gasteiger partial charge < -0.3 is 10.3 Å². The number of aromatic amines is 1. The maximum atomic E-state index is 4.13. The summed E-state index contributed by atoms with van der Waals surface area (Å²) in [5.41, 5.74) is 3.48. The fourth-order valence-electron chi connectivity index (χ4n) is 1.99. The van der Waals surface area contributed by atoms with E-state index >= 15 is 0 Å². The van der Waals surface area contributed by atoms with Crippen LogP contribution in [0.2, 0.25) is 0 Å². The summed E-state index contributed by atoms with van der Waals surface area (Å²) in [5.74, 6) is 0. The quantitative estimate of drug-likeness (QED) is 0.720. The zero-order chi connectivity index (χ0) is 11.7. The maximum absolute atomic E-state index is 4.13. The highest BCUT2D eigenvalue weighted by Gasteiger charge is 2.02. The van der Waals surface area contributed by atoms with E-state index in [1.165, 1.54) is 16.5 Å². The van der Waals surface area contributed by atoms with Crippen molar-refractivity contribution in [3.63, 3.8) is 0 Å². The zero-order valence-electron chi connectivity index (χ0n) is 9.64. The summed E-state index contributed by atoms with van der Waals surface area (Å²) in [6, 6.07) is 8.32. The monoisotopic (exact) mass is 226 g/mol. The molecule has 2 aromatic heterocycles. The van der Waals surface area contributed by atoms with Crippen molar-refractivity contribution in [2.24, 2.45) is 7.05 Å². The van der Waals surface area contributed by atoms with Crippen molar-refractivity contribution in [3.8, 4) is 0 Å². The molecule has 0 bridgehead atoms. The van der Waals surface area contributed by atoms with Gasteiger partial charge in [0, 0.05) is 36.9 Å². The molecule has 0 aliphatic heterocycles. The molecule has 3 rings (SSSR count). The maximum Gasteiger partial charge on any atom is 0.0729 e. The van der Waals surface area contributed by atoms with Gasteiger partial charge >= 0.3 is 0 Å². The Bertz CT molecular complexity index is 635. The summed E-state index contributed by atoms with van der Waals surface area (Å²) >= 11 is 0. The van der Waals surface area contributed by atoms with Gasteiger partial charge in [-0.2, -0.15) is 5.10 Å². The Morgan fingerprint density at radius 2 is 2.24 bits per heavy atom. The van der Waals surface area contributed by atoms with Gasteiger partial charge in [0.2, 0.25) is 0 Å². The Kier molecular flexibility index (Phi) is 2.33. The summed E-state index contributed by atoms with van der Waals surface area (Å²) in [7, 11) is 1.91. The third-order valence-electron chi connectivity index (χ3n) is 2.86. The van der Waals surface area contributed by atoms with Gasteiger partial charge in [-0.3, -0.25) is 4.68 Å². The Morgan fingerprint density at radius 3 is 3.06 bits per heavy atom. The molecule has 0 aliphatic carbocycles. The minimum absolute atomic E-state index is 0.801. The van der Waals surface area contributed by atoms with Crippen molar-refractivity contribution >= 4 is 16.6 Å². The minimum Gasteiger partial charge on any atom is -0.378 e. The van der Waals surface area contributed by atoms with Gasteiger partial charge in [-0.1, -0.05) is 18.2 Å². The number of hydrogen-bond acceptors (Lipinski definition) is 2. The second-order valence-electron chi connectivity index (χ2n) is 4.12. The number of H-pyrrole nitrogens is 1. The van der Waals surface area contributed by atoms with Crippen molar-refractivity contribution in [1.29, 1.82) is 0 Å². The molecule has 86 valence electrons. The molecule has 0 radical (unpaired) electrons. The SMILES string of the molecule is Cn1cc(NCc2c[nH]c3ccccc23)cn1. The van der Waals surface area contributed by atoms with E-state index < -0.39 is 0 Å². The van der Waals surface area contributed by atoms with E-state index in [2.05, 4.69) is 33.6 Å². The van der Waals surface area contributed by atoms with Gasteiger partial charge in [0.25, 0.3) is 0 Å². The standard InChI is InChI=1S/C13H14N4/c1-17-9-11(8-16-17)14-6-10-7-15-13-5-3-2-4-12(10)13/h2-5,7-9,14-15H,6H2,1H3. The molecule has 3 aromatic rings. The van der Waals surface area contributed by atoms with Gasteiger partial charge in [0.1, 0.15) is 0 Å². The van der Waals surface area contributed by atoms with E-state index in [1.54, 1.807) is 4.68 Å². The number of fused-ring (bicyclic) bond motifs is 1. The lowest BCUT2D eigenvalue weighted by molar-refractivity contribution is 0.768. The van der Waals surface area contributed by atoms with E-state index in [-0.39, 0.29) is 0 Å². The second kappa shape index (κ2) is 3.97. The van der Waals surface area contributed by atoms with Crippen molar-refractivity contribution in [2.45, 2.75) is 6.54 Å². The van der Waals surface area contributed by atoms with Crippen LogP contribution in [-0.4, -0.2) is 14.8 Å². The fraction of sp³-hybridized carbons (Fsp3) is 0.154. The van der Waals surface area contributed by atoms with Crippen LogP contribution in [0, 0.1) is 0 Å². The topological polar surface area (TPSA) is 45.6 Å². The Morgan fingerprint density at radius 1 is 1.35 bits per heavy atom. The van der Waals surface area contributed by atoms with E-state index in [0.29, 0.717) is 0 Å². The van der Waals surface area contributed by atoms with Crippen molar-refractivity contribution in [2.75, 3.05) is 5.32 Å². The molecule has 0 fully saturated rings. The first-order valence-corrected chi connectivity index (χ1v) is 5.60. The van der Waals surface area contributed by atoms with E-state index in [0.717, 1.165) is 12.2 Å². The molecule has 0 saturated carbocycles. The summed E-state index contributed by atoms with van der Waals surface area (Å²) in [6.07, 6.45) is 5.84. The van der Waals surface area contributed by atoms with Crippen LogP contribution < -0.4 is 5.32 Å². The highest BCUT2D eigenvalue weighted by Crippen LogP contribution is 2.18. The zero-order valence-corrected chi connectivity index (χ0v) is 9.64. The molecule has 0 amide bonds. The van der Waals surface area contributed by atoms with E-state index in [1.807, 2.05) is 31.7 Å². The van der Waals surface area contributed by atoms with E-state index in [4.69, 9.17) is 0 Å². The van der Waals surface area contributed by atoms with Crippen LogP contribution in [0.25, 0.3) is 10.9 Å². The van der Waals surface area contributed by atoms with Crippen LogP contribution in [-0.2, 0) is 13.6 Å². The molecule has 17 heavy (non-hydrogen) atoms. The van der Waals surface area contributed by atoms with Crippen LogP contribution in [0.1, 0.15) is 5.56 Å². The van der Waals surface area contributed by atoms with Crippen LogP contribution >= 0.6 is 0 Å². The Hall–Kier alpha value is -2.23. The minimum atomic E-state index is 0.801. The average molecular weight is 226 g/mol. The van der Waals surface area contributed by atoms with Gasteiger partial charge in [-0.05, 0) is 11.6 Å². The first-order valence-electron chi connectivity index (χ1n) is 5.60. The fourth-order valence-corrected chi connectivity index (χ4v) is 1.99. The van der Waals surface area contributed by atoms with Gasteiger partial charge in [0.05, 0.1) is 11.9 Å². The normalized spacial score (nSPS) is 10.9. The molecular weight excluding hydrogens is 212 g/mol. The lowest BCUT2D eigenvalue weighted by atomic mass is 10.2. The predicted octanol–water partition coefficient (Wildman–Crippen LogP) is 2.51. The van der Waals surface area contributed by atoms with Crippen molar-refractivity contribution in [3.05, 3.63) is 48.4 Å². The number of anilines is 1. The third kappa shape index (κ3) is 1.89. The molecule has 0 spiro atoms. The third-order valence-corrected chi connectivity index (χ3v) is 2.86. The molecule has 0 saturated heterocycles. The van der Waals surface area contributed by atoms with Crippen LogP contribution in [0.4, 0.5) is 5.69 Å². The van der Waals surface area contributed by atoms with Crippen LogP contribution in [0.3, 0.4) is 0 Å². The van der Waals surface area contributed by atoms with Crippen LogP contribution in [0.5, 0.6) is 0 Å². The highest BCUT2D eigenvalue weighted by atomic mass is 15.3. The van der Waals surface area contributed by atoms with Gasteiger partial charge in [-0.25, -0.2) is 0 Å². The van der Waals surface area contributed by atoms with Gasteiger partial charge in [-0.15, -0.1) is 0 Å². The molecule has 0 atom stereocenters. The number of aryl methyl sites for hydroxylation is 1.